The van der Waals surface area contributed by atoms with Gasteiger partial charge in [0.25, 0.3) is 0 Å². The first-order valence-electron chi connectivity index (χ1n) is 7.85. The highest BCUT2D eigenvalue weighted by Gasteiger charge is 2.26. The van der Waals surface area contributed by atoms with Gasteiger partial charge in [-0.2, -0.15) is 4.80 Å². The van der Waals surface area contributed by atoms with Crippen molar-refractivity contribution in [2.24, 2.45) is 5.92 Å². The van der Waals surface area contributed by atoms with Gasteiger partial charge in [0.1, 0.15) is 18.4 Å². The predicted molar refractivity (Wildman–Crippen MR) is 86.6 cm³/mol. The maximum atomic E-state index is 12.9. The molecule has 2 atom stereocenters. The molecule has 0 aliphatic rings. The number of carbonyl (C=O) groups excluding carboxylic acids is 2. The fraction of sp³-hybridized carbons (Fsp3) is 0.438. The summed E-state index contributed by atoms with van der Waals surface area (Å²) in [6.07, 6.45) is 0.705. The molecule has 0 radical (unpaired) electrons. The minimum atomic E-state index is -0.734. The van der Waals surface area contributed by atoms with E-state index in [2.05, 4.69) is 20.7 Å². The van der Waals surface area contributed by atoms with E-state index in [4.69, 9.17) is 4.74 Å². The predicted octanol–water partition coefficient (Wildman–Crippen LogP) is 1.18. The van der Waals surface area contributed by atoms with Crippen molar-refractivity contribution < 1.29 is 18.7 Å². The number of nitrogens with zero attached hydrogens (tertiary/aromatic N) is 4. The molecule has 2 rings (SSSR count). The number of benzene rings is 1. The molecule has 2 aromatic rings. The van der Waals surface area contributed by atoms with Crippen molar-refractivity contribution >= 4 is 11.9 Å². The van der Waals surface area contributed by atoms with Gasteiger partial charge in [-0.1, -0.05) is 20.3 Å². The van der Waals surface area contributed by atoms with Gasteiger partial charge in [0.05, 0.1) is 7.11 Å². The first-order valence-corrected chi connectivity index (χ1v) is 7.85. The summed E-state index contributed by atoms with van der Waals surface area (Å²) < 4.78 is 17.7. The number of carbonyl (C=O) groups is 2. The molecule has 1 amide bonds. The highest BCUT2D eigenvalue weighted by molar-refractivity contribution is 5.84. The standard InChI is InChI=1S/C16H20FN5O3/c1-4-10(2)14(16(24)25-3)18-13(23)9-22-20-15(19-21-22)11-5-7-12(17)8-6-11/h5-8,10,14H,4,9H2,1-3H3,(H,18,23). The molecule has 1 N–H and O–H groups in total. The number of methoxy groups -OCH3 is 1. The van der Waals surface area contributed by atoms with Gasteiger partial charge in [0.2, 0.25) is 11.7 Å². The van der Waals surface area contributed by atoms with E-state index < -0.39 is 17.9 Å². The molecule has 0 saturated heterocycles. The maximum absolute atomic E-state index is 12.9. The van der Waals surface area contributed by atoms with Crippen molar-refractivity contribution in [2.45, 2.75) is 32.9 Å². The van der Waals surface area contributed by atoms with Crippen LogP contribution in [0, 0.1) is 11.7 Å². The smallest absolute Gasteiger partial charge is 0.328 e. The van der Waals surface area contributed by atoms with Crippen LogP contribution in [0.1, 0.15) is 20.3 Å². The van der Waals surface area contributed by atoms with Gasteiger partial charge in [-0.05, 0) is 35.4 Å². The molecule has 1 heterocycles. The number of nitrogens with one attached hydrogen (secondary N) is 1. The number of aromatic nitrogens is 4. The molecule has 0 fully saturated rings. The molecule has 1 aromatic carbocycles. The van der Waals surface area contributed by atoms with E-state index >= 15 is 0 Å². The summed E-state index contributed by atoms with van der Waals surface area (Å²) in [4.78, 5) is 25.1. The number of hydrogen-bond acceptors (Lipinski definition) is 6. The van der Waals surface area contributed by atoms with E-state index in [9.17, 15) is 14.0 Å². The Labute approximate surface area is 144 Å². The maximum Gasteiger partial charge on any atom is 0.328 e. The van der Waals surface area contributed by atoms with Crippen LogP contribution in [0.5, 0.6) is 0 Å². The van der Waals surface area contributed by atoms with Crippen molar-refractivity contribution in [3.63, 3.8) is 0 Å². The van der Waals surface area contributed by atoms with Crippen LogP contribution in [-0.4, -0.2) is 45.2 Å². The van der Waals surface area contributed by atoms with Gasteiger partial charge in [-0.25, -0.2) is 9.18 Å². The zero-order valence-electron chi connectivity index (χ0n) is 14.3. The number of tetrazole rings is 1. The Morgan fingerprint density at radius 3 is 2.60 bits per heavy atom. The SMILES string of the molecule is CCC(C)C(NC(=O)Cn1nnc(-c2ccc(F)cc2)n1)C(=O)OC. The number of hydrogen-bond donors (Lipinski definition) is 1. The first-order chi connectivity index (χ1) is 11.9. The number of esters is 1. The zero-order valence-corrected chi connectivity index (χ0v) is 14.3. The zero-order chi connectivity index (χ0) is 18.4. The molecular formula is C16H20FN5O3. The van der Waals surface area contributed by atoms with Crippen LogP contribution in [0.15, 0.2) is 24.3 Å². The Balaban J connectivity index is 2.03. The Hall–Kier alpha value is -2.84. The topological polar surface area (TPSA) is 99.0 Å². The molecule has 0 aliphatic heterocycles. The Kier molecular flexibility index (Phi) is 6.15. The first kappa shape index (κ1) is 18.5. The lowest BCUT2D eigenvalue weighted by Gasteiger charge is -2.21. The van der Waals surface area contributed by atoms with Crippen molar-refractivity contribution in [1.29, 1.82) is 0 Å². The third-order valence-corrected chi connectivity index (χ3v) is 3.82. The monoisotopic (exact) mass is 349 g/mol. The third kappa shape index (κ3) is 4.82. The second kappa shape index (κ2) is 8.32. The van der Waals surface area contributed by atoms with Crippen molar-refractivity contribution in [2.75, 3.05) is 7.11 Å². The number of halogens is 1. The van der Waals surface area contributed by atoms with E-state index in [1.165, 1.54) is 31.4 Å². The Bertz CT molecular complexity index is 732. The average Bonchev–Trinajstić information content (AvgIpc) is 3.07. The van der Waals surface area contributed by atoms with E-state index in [0.29, 0.717) is 12.0 Å². The van der Waals surface area contributed by atoms with Crippen molar-refractivity contribution in [3.8, 4) is 11.4 Å². The number of rotatable bonds is 7. The summed E-state index contributed by atoms with van der Waals surface area (Å²) in [5, 5.41) is 14.3. The van der Waals surface area contributed by atoms with Gasteiger partial charge in [0.15, 0.2) is 0 Å². The average molecular weight is 349 g/mol. The fourth-order valence-electron chi connectivity index (χ4n) is 2.17. The molecule has 0 bridgehead atoms. The minimum Gasteiger partial charge on any atom is -0.467 e. The van der Waals surface area contributed by atoms with Crippen LogP contribution < -0.4 is 5.32 Å². The second-order valence-corrected chi connectivity index (χ2v) is 5.60. The van der Waals surface area contributed by atoms with Crippen molar-refractivity contribution in [1.82, 2.24) is 25.5 Å². The molecule has 0 spiro atoms. The van der Waals surface area contributed by atoms with Gasteiger partial charge < -0.3 is 10.1 Å². The molecular weight excluding hydrogens is 329 g/mol. The molecule has 0 saturated carbocycles. The lowest BCUT2D eigenvalue weighted by molar-refractivity contribution is -0.146. The van der Waals surface area contributed by atoms with E-state index in [1.807, 2.05) is 13.8 Å². The molecule has 134 valence electrons. The van der Waals surface area contributed by atoms with Crippen LogP contribution in [-0.2, 0) is 20.9 Å². The largest absolute Gasteiger partial charge is 0.467 e. The molecule has 2 unspecified atom stereocenters. The van der Waals surface area contributed by atoms with Gasteiger partial charge in [0, 0.05) is 5.56 Å². The summed E-state index contributed by atoms with van der Waals surface area (Å²) in [6.45, 7) is 3.57. The Morgan fingerprint density at radius 2 is 2.00 bits per heavy atom. The van der Waals surface area contributed by atoms with Crippen LogP contribution in [0.3, 0.4) is 0 Å². The van der Waals surface area contributed by atoms with Crippen LogP contribution in [0.25, 0.3) is 11.4 Å². The van der Waals surface area contributed by atoms with Crippen LogP contribution in [0.2, 0.25) is 0 Å². The van der Waals surface area contributed by atoms with E-state index in [-0.39, 0.29) is 24.1 Å². The molecule has 1 aromatic heterocycles. The van der Waals surface area contributed by atoms with E-state index in [0.717, 1.165) is 4.80 Å². The quantitative estimate of drug-likeness (QED) is 0.754. The summed E-state index contributed by atoms with van der Waals surface area (Å²) in [5.74, 6) is -1.09. The minimum absolute atomic E-state index is 0.0742. The van der Waals surface area contributed by atoms with Crippen LogP contribution in [0.4, 0.5) is 4.39 Å². The number of ether oxygens (including phenoxy) is 1. The van der Waals surface area contributed by atoms with Gasteiger partial charge in [-0.3, -0.25) is 4.79 Å². The summed E-state index contributed by atoms with van der Waals surface area (Å²) >= 11 is 0. The summed E-state index contributed by atoms with van der Waals surface area (Å²) in [5.41, 5.74) is 0.583. The van der Waals surface area contributed by atoms with Gasteiger partial charge >= 0.3 is 5.97 Å². The lowest BCUT2D eigenvalue weighted by atomic mass is 9.99. The Morgan fingerprint density at radius 1 is 1.32 bits per heavy atom. The fourth-order valence-corrected chi connectivity index (χ4v) is 2.17. The molecule has 25 heavy (non-hydrogen) atoms. The summed E-state index contributed by atoms with van der Waals surface area (Å²) in [7, 11) is 1.28. The lowest BCUT2D eigenvalue weighted by Crippen LogP contribution is -2.46. The normalized spacial score (nSPS) is 13.1. The van der Waals surface area contributed by atoms with Crippen molar-refractivity contribution in [3.05, 3.63) is 30.1 Å². The molecule has 8 nitrogen and oxygen atoms in total. The van der Waals surface area contributed by atoms with E-state index in [1.54, 1.807) is 0 Å². The summed E-state index contributed by atoms with van der Waals surface area (Å²) in [6, 6.07) is 4.88. The third-order valence-electron chi connectivity index (χ3n) is 3.82. The van der Waals surface area contributed by atoms with Crippen LogP contribution >= 0.6 is 0 Å². The second-order valence-electron chi connectivity index (χ2n) is 5.60. The number of amides is 1. The molecule has 9 heteroatoms. The van der Waals surface area contributed by atoms with Gasteiger partial charge in [-0.15, -0.1) is 10.2 Å². The highest BCUT2D eigenvalue weighted by atomic mass is 19.1. The molecule has 0 aliphatic carbocycles. The highest BCUT2D eigenvalue weighted by Crippen LogP contribution is 2.13.